The van der Waals surface area contributed by atoms with Gasteiger partial charge in [0.15, 0.2) is 5.78 Å². The second-order valence-corrected chi connectivity index (χ2v) is 11.1. The van der Waals surface area contributed by atoms with Crippen molar-refractivity contribution in [3.05, 3.63) is 80.0 Å². The molecule has 0 fully saturated rings. The van der Waals surface area contributed by atoms with E-state index in [1.807, 2.05) is 32.9 Å². The first-order valence-corrected chi connectivity index (χ1v) is 12.6. The van der Waals surface area contributed by atoms with Gasteiger partial charge in [-0.1, -0.05) is 32.4 Å². The fourth-order valence-corrected chi connectivity index (χ4v) is 4.66. The molecule has 9 nitrogen and oxygen atoms in total. The summed E-state index contributed by atoms with van der Waals surface area (Å²) in [5.74, 6) is 0.155. The van der Waals surface area contributed by atoms with Crippen molar-refractivity contribution in [2.45, 2.75) is 33.9 Å². The number of thiophene rings is 1. The maximum atomic E-state index is 13.2. The average Bonchev–Trinajstić information content (AvgIpc) is 3.49. The number of ether oxygens (including phenoxy) is 1. The highest BCUT2D eigenvalue weighted by molar-refractivity contribution is 7.16. The van der Waals surface area contributed by atoms with Crippen LogP contribution in [0, 0.1) is 5.41 Å². The van der Waals surface area contributed by atoms with Gasteiger partial charge in [-0.25, -0.2) is 0 Å². The van der Waals surface area contributed by atoms with Crippen molar-refractivity contribution in [2.24, 2.45) is 5.41 Å². The Balaban J connectivity index is 1.75. The van der Waals surface area contributed by atoms with Crippen LogP contribution in [-0.4, -0.2) is 38.1 Å². The molecule has 0 aliphatic heterocycles. The van der Waals surface area contributed by atoms with E-state index < -0.39 is 11.0 Å². The number of rotatable bonds is 8. The summed E-state index contributed by atoms with van der Waals surface area (Å²) in [6.45, 7) is 5.64. The summed E-state index contributed by atoms with van der Waals surface area (Å²) in [5.41, 5.74) is 0.195. The predicted molar refractivity (Wildman–Crippen MR) is 144 cm³/mol. The van der Waals surface area contributed by atoms with Crippen molar-refractivity contribution in [3.8, 4) is 17.1 Å². The van der Waals surface area contributed by atoms with Gasteiger partial charge >= 0.3 is 0 Å². The molecule has 4 aromatic heterocycles. The van der Waals surface area contributed by atoms with Gasteiger partial charge in [0.05, 0.1) is 30.1 Å². The van der Waals surface area contributed by atoms with Gasteiger partial charge in [-0.05, 0) is 30.3 Å². The van der Waals surface area contributed by atoms with Crippen molar-refractivity contribution in [1.29, 1.82) is 0 Å². The number of halogens is 1. The third-order valence-electron chi connectivity index (χ3n) is 5.52. The van der Waals surface area contributed by atoms with E-state index in [-0.39, 0.29) is 24.1 Å². The lowest BCUT2D eigenvalue weighted by atomic mass is 9.96. The van der Waals surface area contributed by atoms with Crippen LogP contribution in [0.15, 0.2) is 59.7 Å². The Bertz CT molecular complexity index is 1500. The summed E-state index contributed by atoms with van der Waals surface area (Å²) in [5, 5.41) is 7.84. The minimum atomic E-state index is -0.703. The van der Waals surface area contributed by atoms with Crippen LogP contribution in [0.3, 0.4) is 0 Å². The zero-order valence-corrected chi connectivity index (χ0v) is 22.4. The molecule has 192 valence electrons. The zero-order valence-electron chi connectivity index (χ0n) is 20.8. The number of hydrogen-bond donors (Lipinski definition) is 1. The Kier molecular flexibility index (Phi) is 7.60. The molecule has 37 heavy (non-hydrogen) atoms. The lowest BCUT2D eigenvalue weighted by Crippen LogP contribution is -2.29. The normalized spacial score (nSPS) is 11.4. The van der Waals surface area contributed by atoms with E-state index in [2.05, 4.69) is 15.4 Å². The van der Waals surface area contributed by atoms with Gasteiger partial charge < -0.3 is 10.1 Å². The van der Waals surface area contributed by atoms with Gasteiger partial charge in [0, 0.05) is 40.4 Å². The number of carbonyl (C=O) groups is 2. The van der Waals surface area contributed by atoms with Gasteiger partial charge in [-0.3, -0.25) is 23.9 Å². The second-order valence-electron chi connectivity index (χ2n) is 9.28. The number of nitrogens with one attached hydrogen (secondary N) is 1. The van der Waals surface area contributed by atoms with Crippen molar-refractivity contribution in [2.75, 3.05) is 12.4 Å². The lowest BCUT2D eigenvalue weighted by molar-refractivity contribution is 0.0752. The van der Waals surface area contributed by atoms with Crippen LogP contribution in [0.5, 0.6) is 5.88 Å². The van der Waals surface area contributed by atoms with Crippen LogP contribution in [-0.2, 0) is 13.1 Å². The van der Waals surface area contributed by atoms with E-state index >= 15 is 0 Å². The molecule has 4 rings (SSSR count). The Morgan fingerprint density at radius 1 is 1.11 bits per heavy atom. The standard InChI is InChI=1S/C26H26ClN5O4S/c1-26(2,3)25(35)32-22(29-14-17-5-7-21(27)37-17)13-19(30-32)18-6-8-23(34)31(24(18)36-4)15-20(33)16-9-11-28-12-10-16/h5-13,29H,14-15H2,1-4H3. The number of methoxy groups -OCH3 is 1. The third kappa shape index (κ3) is 5.81. The van der Waals surface area contributed by atoms with Gasteiger partial charge in [0.2, 0.25) is 5.88 Å². The number of ketones is 1. The fourth-order valence-electron chi connectivity index (χ4n) is 3.63. The summed E-state index contributed by atoms with van der Waals surface area (Å²) < 4.78 is 8.83. The van der Waals surface area contributed by atoms with Crippen molar-refractivity contribution in [1.82, 2.24) is 19.3 Å². The number of carbonyl (C=O) groups excluding carboxylic acids is 2. The smallest absolute Gasteiger partial charge is 0.254 e. The van der Waals surface area contributed by atoms with Crippen LogP contribution in [0.25, 0.3) is 11.3 Å². The molecule has 0 unspecified atom stereocenters. The Labute approximate surface area is 222 Å². The second kappa shape index (κ2) is 10.7. The van der Waals surface area contributed by atoms with Crippen LogP contribution in [0.2, 0.25) is 4.34 Å². The summed E-state index contributed by atoms with van der Waals surface area (Å²) >= 11 is 7.49. The van der Waals surface area contributed by atoms with Crippen molar-refractivity contribution >= 4 is 40.4 Å². The average molecular weight is 540 g/mol. The summed E-state index contributed by atoms with van der Waals surface area (Å²) in [7, 11) is 1.42. The summed E-state index contributed by atoms with van der Waals surface area (Å²) in [6.07, 6.45) is 3.03. The fraction of sp³-hybridized carbons (Fsp3) is 0.269. The highest BCUT2D eigenvalue weighted by Gasteiger charge is 2.28. The predicted octanol–water partition coefficient (Wildman–Crippen LogP) is 5.01. The number of hydrogen-bond acceptors (Lipinski definition) is 8. The molecule has 0 radical (unpaired) electrons. The molecule has 0 aliphatic carbocycles. The molecule has 1 N–H and O–H groups in total. The van der Waals surface area contributed by atoms with Crippen LogP contribution < -0.4 is 15.6 Å². The molecule has 0 aromatic carbocycles. The number of nitrogens with zero attached hydrogens (tertiary/aromatic N) is 4. The number of anilines is 1. The van der Waals surface area contributed by atoms with E-state index in [1.165, 1.54) is 46.2 Å². The molecule has 0 bridgehead atoms. The molecule has 0 saturated heterocycles. The highest BCUT2D eigenvalue weighted by atomic mass is 35.5. The largest absolute Gasteiger partial charge is 0.482 e. The van der Waals surface area contributed by atoms with Crippen LogP contribution in [0.4, 0.5) is 5.82 Å². The molecular formula is C26H26ClN5O4S. The van der Waals surface area contributed by atoms with E-state index in [0.717, 1.165) is 4.88 Å². The number of pyridine rings is 2. The molecule has 0 amide bonds. The molecular weight excluding hydrogens is 514 g/mol. The van der Waals surface area contributed by atoms with Gasteiger partial charge in [-0.2, -0.15) is 9.78 Å². The molecule has 4 aromatic rings. The first-order chi connectivity index (χ1) is 17.6. The third-order valence-corrected chi connectivity index (χ3v) is 6.75. The monoisotopic (exact) mass is 539 g/mol. The molecule has 0 aliphatic rings. The Morgan fingerprint density at radius 3 is 2.46 bits per heavy atom. The minimum absolute atomic E-state index is 0.166. The summed E-state index contributed by atoms with van der Waals surface area (Å²) in [6, 6.07) is 11.5. The minimum Gasteiger partial charge on any atom is -0.482 e. The Hall–Kier alpha value is -3.76. The molecule has 11 heteroatoms. The highest BCUT2D eigenvalue weighted by Crippen LogP contribution is 2.32. The van der Waals surface area contributed by atoms with Gasteiger partial charge in [0.1, 0.15) is 11.5 Å². The van der Waals surface area contributed by atoms with Gasteiger partial charge in [-0.15, -0.1) is 11.3 Å². The van der Waals surface area contributed by atoms with Crippen LogP contribution in [0.1, 0.15) is 40.8 Å². The van der Waals surface area contributed by atoms with Crippen molar-refractivity contribution < 1.29 is 14.3 Å². The number of aromatic nitrogens is 4. The molecule has 0 spiro atoms. The van der Waals surface area contributed by atoms with Crippen LogP contribution >= 0.6 is 22.9 Å². The molecule has 0 saturated carbocycles. The lowest BCUT2D eigenvalue weighted by Gasteiger charge is -2.18. The van der Waals surface area contributed by atoms with E-state index in [1.54, 1.807) is 24.3 Å². The summed E-state index contributed by atoms with van der Waals surface area (Å²) in [4.78, 5) is 43.7. The molecule has 4 heterocycles. The van der Waals surface area contributed by atoms with E-state index in [9.17, 15) is 14.4 Å². The first kappa shape index (κ1) is 26.3. The zero-order chi connectivity index (χ0) is 26.7. The maximum Gasteiger partial charge on any atom is 0.254 e. The number of Topliss-reactive ketones (excluding diaryl/α,β-unsaturated/α-hetero) is 1. The topological polar surface area (TPSA) is 108 Å². The SMILES string of the molecule is COc1c(-c2cc(NCc3ccc(Cl)s3)n(C(=O)C(C)(C)C)n2)ccc(=O)n1CC(=O)c1ccncc1. The van der Waals surface area contributed by atoms with E-state index in [4.69, 9.17) is 16.3 Å². The first-order valence-electron chi connectivity index (χ1n) is 11.4. The van der Waals surface area contributed by atoms with Gasteiger partial charge in [0.25, 0.3) is 11.5 Å². The molecule has 0 atom stereocenters. The Morgan fingerprint density at radius 2 is 1.84 bits per heavy atom. The maximum absolute atomic E-state index is 13.2. The van der Waals surface area contributed by atoms with E-state index in [0.29, 0.717) is 33.5 Å². The van der Waals surface area contributed by atoms with Crippen molar-refractivity contribution in [3.63, 3.8) is 0 Å². The quantitative estimate of drug-likeness (QED) is 0.313.